The quantitative estimate of drug-likeness (QED) is 0.838. The number of rotatable bonds is 2. The number of hydrogen-bond acceptors (Lipinski definition) is 2. The first-order valence-electron chi connectivity index (χ1n) is 6.46. The van der Waals surface area contributed by atoms with Crippen LogP contribution in [0.4, 0.5) is 0 Å². The first-order valence-corrected chi connectivity index (χ1v) is 6.89. The molecule has 100 valence electrons. The van der Waals surface area contributed by atoms with Crippen LogP contribution in [0.5, 0.6) is 0 Å². The Bertz CT molecular complexity index is 455. The Kier molecular flexibility index (Phi) is 3.95. The van der Waals surface area contributed by atoms with Crippen molar-refractivity contribution in [1.82, 2.24) is 15.1 Å². The molecule has 1 aliphatic carbocycles. The number of carbonyl (C=O) groups is 1. The van der Waals surface area contributed by atoms with Crippen LogP contribution in [0, 0.1) is 13.8 Å². The van der Waals surface area contributed by atoms with E-state index in [-0.39, 0.29) is 17.3 Å². The number of aromatic nitrogens is 2. The predicted molar refractivity (Wildman–Crippen MR) is 72.0 cm³/mol. The molecule has 18 heavy (non-hydrogen) atoms. The second-order valence-electron chi connectivity index (χ2n) is 5.05. The minimum Gasteiger partial charge on any atom is -0.348 e. The molecule has 0 spiro atoms. The zero-order chi connectivity index (χ0) is 13.3. The molecule has 1 saturated carbocycles. The number of amides is 1. The maximum Gasteiger partial charge on any atom is 0.255 e. The van der Waals surface area contributed by atoms with Crippen LogP contribution in [0.3, 0.4) is 0 Å². The van der Waals surface area contributed by atoms with Crippen LogP contribution in [0.25, 0.3) is 0 Å². The zero-order valence-electron chi connectivity index (χ0n) is 11.2. The van der Waals surface area contributed by atoms with Crippen LogP contribution in [-0.4, -0.2) is 27.1 Å². The molecule has 1 fully saturated rings. The Balaban J connectivity index is 2.12. The number of aryl methyl sites for hydroxylation is 2. The lowest BCUT2D eigenvalue weighted by Gasteiger charge is -2.27. The van der Waals surface area contributed by atoms with Crippen molar-refractivity contribution in [3.8, 4) is 0 Å². The van der Waals surface area contributed by atoms with Gasteiger partial charge in [-0.15, -0.1) is 11.6 Å². The van der Waals surface area contributed by atoms with Gasteiger partial charge in [-0.3, -0.25) is 9.48 Å². The van der Waals surface area contributed by atoms with Crippen molar-refractivity contribution in [3.63, 3.8) is 0 Å². The summed E-state index contributed by atoms with van der Waals surface area (Å²) in [6, 6.07) is 0.0897. The van der Waals surface area contributed by atoms with E-state index in [0.29, 0.717) is 5.56 Å². The van der Waals surface area contributed by atoms with Gasteiger partial charge in [0.05, 0.1) is 16.6 Å². The third-order valence-corrected chi connectivity index (χ3v) is 4.26. The van der Waals surface area contributed by atoms with Crippen molar-refractivity contribution < 1.29 is 4.79 Å². The molecule has 1 N–H and O–H groups in total. The molecule has 2 rings (SSSR count). The van der Waals surface area contributed by atoms with E-state index >= 15 is 0 Å². The lowest BCUT2D eigenvalue weighted by Crippen LogP contribution is -2.43. The van der Waals surface area contributed by atoms with Crippen molar-refractivity contribution in [2.24, 2.45) is 7.05 Å². The summed E-state index contributed by atoms with van der Waals surface area (Å²) < 4.78 is 1.74. The Labute approximate surface area is 113 Å². The maximum absolute atomic E-state index is 12.3. The molecule has 0 saturated heterocycles. The number of carbonyl (C=O) groups excluding carboxylic acids is 1. The molecule has 2 atom stereocenters. The van der Waals surface area contributed by atoms with Gasteiger partial charge in [0.15, 0.2) is 0 Å². The summed E-state index contributed by atoms with van der Waals surface area (Å²) in [6.45, 7) is 3.77. The minimum atomic E-state index is -0.0457. The second kappa shape index (κ2) is 5.31. The molecular weight excluding hydrogens is 250 g/mol. The van der Waals surface area contributed by atoms with E-state index < -0.39 is 0 Å². The molecule has 5 heteroatoms. The van der Waals surface area contributed by atoms with Crippen molar-refractivity contribution in [1.29, 1.82) is 0 Å². The van der Waals surface area contributed by atoms with Crippen molar-refractivity contribution >= 4 is 17.5 Å². The van der Waals surface area contributed by atoms with Crippen LogP contribution in [-0.2, 0) is 7.05 Å². The smallest absolute Gasteiger partial charge is 0.255 e. The third kappa shape index (κ3) is 2.53. The van der Waals surface area contributed by atoms with Gasteiger partial charge in [-0.1, -0.05) is 12.8 Å². The SMILES string of the molecule is Cc1nn(C)c(C)c1C(=O)NC1CCCCC1Cl. The Morgan fingerprint density at radius 1 is 1.39 bits per heavy atom. The van der Waals surface area contributed by atoms with Gasteiger partial charge in [0.2, 0.25) is 0 Å². The fourth-order valence-electron chi connectivity index (χ4n) is 2.59. The molecule has 0 bridgehead atoms. The van der Waals surface area contributed by atoms with Crippen LogP contribution < -0.4 is 5.32 Å². The summed E-state index contributed by atoms with van der Waals surface area (Å²) in [5.41, 5.74) is 2.35. The van der Waals surface area contributed by atoms with E-state index in [0.717, 1.165) is 37.1 Å². The van der Waals surface area contributed by atoms with Gasteiger partial charge >= 0.3 is 0 Å². The lowest BCUT2D eigenvalue weighted by atomic mass is 9.94. The third-order valence-electron chi connectivity index (χ3n) is 3.73. The first-order chi connectivity index (χ1) is 8.50. The Morgan fingerprint density at radius 3 is 2.61 bits per heavy atom. The van der Waals surface area contributed by atoms with Gasteiger partial charge in [0.1, 0.15) is 0 Å². The number of hydrogen-bond donors (Lipinski definition) is 1. The molecule has 0 aliphatic heterocycles. The van der Waals surface area contributed by atoms with Gasteiger partial charge in [0.25, 0.3) is 5.91 Å². The topological polar surface area (TPSA) is 46.9 Å². The molecule has 1 aliphatic rings. The summed E-state index contributed by atoms with van der Waals surface area (Å²) in [7, 11) is 1.85. The summed E-state index contributed by atoms with van der Waals surface area (Å²) >= 11 is 6.26. The molecule has 1 amide bonds. The largest absolute Gasteiger partial charge is 0.348 e. The fourth-order valence-corrected chi connectivity index (χ4v) is 2.93. The van der Waals surface area contributed by atoms with E-state index in [1.807, 2.05) is 20.9 Å². The van der Waals surface area contributed by atoms with Gasteiger partial charge in [-0.05, 0) is 26.7 Å². The molecule has 1 heterocycles. The van der Waals surface area contributed by atoms with E-state index in [1.165, 1.54) is 0 Å². The van der Waals surface area contributed by atoms with Crippen LogP contribution in [0.2, 0.25) is 0 Å². The minimum absolute atomic E-state index is 0.0457. The molecule has 0 aromatic carbocycles. The molecule has 0 radical (unpaired) electrons. The molecule has 1 aromatic heterocycles. The highest BCUT2D eigenvalue weighted by Gasteiger charge is 2.26. The number of nitrogens with zero attached hydrogens (tertiary/aromatic N) is 2. The van der Waals surface area contributed by atoms with Gasteiger partial charge in [0, 0.05) is 18.8 Å². The summed E-state index contributed by atoms with van der Waals surface area (Å²) in [5.74, 6) is -0.0457. The Morgan fingerprint density at radius 2 is 2.06 bits per heavy atom. The molecule has 4 nitrogen and oxygen atoms in total. The maximum atomic E-state index is 12.3. The summed E-state index contributed by atoms with van der Waals surface area (Å²) in [5, 5.41) is 7.38. The average molecular weight is 270 g/mol. The zero-order valence-corrected chi connectivity index (χ0v) is 11.9. The normalized spacial score (nSPS) is 24.0. The highest BCUT2D eigenvalue weighted by atomic mass is 35.5. The monoisotopic (exact) mass is 269 g/mol. The number of nitrogens with one attached hydrogen (secondary N) is 1. The number of alkyl halides is 1. The highest BCUT2D eigenvalue weighted by Crippen LogP contribution is 2.23. The first kappa shape index (κ1) is 13.4. The van der Waals surface area contributed by atoms with Crippen LogP contribution in [0.1, 0.15) is 47.4 Å². The Hall–Kier alpha value is -1.03. The highest BCUT2D eigenvalue weighted by molar-refractivity contribution is 6.21. The molecular formula is C13H20ClN3O. The van der Waals surface area contributed by atoms with Gasteiger partial charge in [-0.2, -0.15) is 5.10 Å². The average Bonchev–Trinajstić information content (AvgIpc) is 2.56. The van der Waals surface area contributed by atoms with Crippen molar-refractivity contribution in [2.75, 3.05) is 0 Å². The summed E-state index contributed by atoms with van der Waals surface area (Å²) in [6.07, 6.45) is 4.25. The van der Waals surface area contributed by atoms with E-state index in [9.17, 15) is 4.79 Å². The fraction of sp³-hybridized carbons (Fsp3) is 0.692. The van der Waals surface area contributed by atoms with Crippen LogP contribution >= 0.6 is 11.6 Å². The van der Waals surface area contributed by atoms with Gasteiger partial charge < -0.3 is 5.32 Å². The lowest BCUT2D eigenvalue weighted by molar-refractivity contribution is 0.0927. The second-order valence-corrected chi connectivity index (χ2v) is 5.61. The summed E-state index contributed by atoms with van der Waals surface area (Å²) in [4.78, 5) is 12.3. The van der Waals surface area contributed by atoms with E-state index in [4.69, 9.17) is 11.6 Å². The predicted octanol–water partition coefficient (Wildman–Crippen LogP) is 2.32. The molecule has 1 aromatic rings. The van der Waals surface area contributed by atoms with Crippen molar-refractivity contribution in [3.05, 3.63) is 17.0 Å². The van der Waals surface area contributed by atoms with Crippen LogP contribution in [0.15, 0.2) is 0 Å². The van der Waals surface area contributed by atoms with Gasteiger partial charge in [-0.25, -0.2) is 0 Å². The van der Waals surface area contributed by atoms with E-state index in [2.05, 4.69) is 10.4 Å². The van der Waals surface area contributed by atoms with Crippen molar-refractivity contribution in [2.45, 2.75) is 50.9 Å². The molecule has 2 unspecified atom stereocenters. The van der Waals surface area contributed by atoms with E-state index in [1.54, 1.807) is 4.68 Å². The standard InChI is InChI=1S/C13H20ClN3O/c1-8-12(9(2)17(3)16-8)13(18)15-11-7-5-4-6-10(11)14/h10-11H,4-7H2,1-3H3,(H,15,18). The number of halogens is 1.